The summed E-state index contributed by atoms with van der Waals surface area (Å²) in [5.74, 6) is -0.158. The third kappa shape index (κ3) is 2.73. The summed E-state index contributed by atoms with van der Waals surface area (Å²) in [5.41, 5.74) is 1.04. The van der Waals surface area contributed by atoms with Crippen LogP contribution in [0.3, 0.4) is 0 Å². The molecule has 0 bridgehead atoms. The number of nitrogens with zero attached hydrogens (tertiary/aromatic N) is 1. The van der Waals surface area contributed by atoms with E-state index in [1.807, 2.05) is 37.4 Å². The summed E-state index contributed by atoms with van der Waals surface area (Å²) < 4.78 is 4.90. The van der Waals surface area contributed by atoms with Crippen LogP contribution >= 0.6 is 11.3 Å². The van der Waals surface area contributed by atoms with E-state index in [1.165, 1.54) is 0 Å². The highest BCUT2D eigenvalue weighted by Crippen LogP contribution is 2.26. The first-order valence-electron chi connectivity index (χ1n) is 4.54. The molecule has 0 fully saturated rings. The van der Waals surface area contributed by atoms with Gasteiger partial charge in [-0.2, -0.15) is 0 Å². The van der Waals surface area contributed by atoms with E-state index in [9.17, 15) is 4.79 Å². The summed E-state index contributed by atoms with van der Waals surface area (Å²) in [5, 5.41) is 3.11. The van der Waals surface area contributed by atoms with Crippen molar-refractivity contribution in [3.8, 4) is 0 Å². The molecule has 1 rings (SSSR count). The van der Waals surface area contributed by atoms with Crippen molar-refractivity contribution in [1.29, 1.82) is 0 Å². The summed E-state index contributed by atoms with van der Waals surface area (Å²) in [6, 6.07) is 1.97. The fraction of sp³-hybridized carbons (Fsp3) is 0.500. The maximum Gasteiger partial charge on any atom is 0.310 e. The van der Waals surface area contributed by atoms with Crippen LogP contribution in [0.2, 0.25) is 0 Å². The van der Waals surface area contributed by atoms with Crippen molar-refractivity contribution in [3.05, 3.63) is 17.0 Å². The average molecular weight is 213 g/mol. The number of carbonyl (C=O) groups is 1. The maximum atomic E-state index is 11.2. The largest absolute Gasteiger partial charge is 0.466 e. The smallest absolute Gasteiger partial charge is 0.310 e. The molecule has 0 aliphatic rings. The normalized spacial score (nSPS) is 9.93. The molecule has 0 aliphatic heterocycles. The highest BCUT2D eigenvalue weighted by atomic mass is 32.1. The molecule has 78 valence electrons. The molecule has 4 heteroatoms. The van der Waals surface area contributed by atoms with Gasteiger partial charge in [-0.05, 0) is 23.9 Å². The number of ether oxygens (including phenoxy) is 1. The summed E-state index contributed by atoms with van der Waals surface area (Å²) in [4.78, 5) is 13.3. The van der Waals surface area contributed by atoms with E-state index < -0.39 is 0 Å². The van der Waals surface area contributed by atoms with E-state index in [4.69, 9.17) is 4.74 Å². The van der Waals surface area contributed by atoms with E-state index in [0.29, 0.717) is 13.0 Å². The molecule has 0 saturated carbocycles. The predicted molar refractivity (Wildman–Crippen MR) is 59.0 cm³/mol. The molecule has 1 aromatic heterocycles. The lowest BCUT2D eigenvalue weighted by atomic mass is 10.2. The average Bonchev–Trinajstić information content (AvgIpc) is 2.52. The number of thiophene rings is 1. The van der Waals surface area contributed by atoms with Gasteiger partial charge in [-0.3, -0.25) is 4.79 Å². The van der Waals surface area contributed by atoms with Crippen LogP contribution in [0.15, 0.2) is 11.4 Å². The lowest BCUT2D eigenvalue weighted by Crippen LogP contribution is -2.12. The van der Waals surface area contributed by atoms with Crippen molar-refractivity contribution in [3.63, 3.8) is 0 Å². The standard InChI is InChI=1S/C10H15NO2S/c1-4-13-9(12)7-8-5-6-14-10(8)11(2)3/h5-6H,4,7H2,1-3H3. The Morgan fingerprint density at radius 1 is 1.57 bits per heavy atom. The second kappa shape index (κ2) is 5.00. The van der Waals surface area contributed by atoms with Crippen LogP contribution in [0.1, 0.15) is 12.5 Å². The molecule has 0 atom stereocenters. The monoisotopic (exact) mass is 213 g/mol. The molecule has 3 nitrogen and oxygen atoms in total. The van der Waals surface area contributed by atoms with Crippen LogP contribution in [0.4, 0.5) is 5.00 Å². The molecular formula is C10H15NO2S. The summed E-state index contributed by atoms with van der Waals surface area (Å²) in [6.07, 6.45) is 0.366. The molecule has 0 aromatic carbocycles. The third-order valence-corrected chi connectivity index (χ3v) is 2.89. The van der Waals surface area contributed by atoms with Crippen LogP contribution in [0.25, 0.3) is 0 Å². The van der Waals surface area contributed by atoms with Gasteiger partial charge in [0.2, 0.25) is 0 Å². The Balaban J connectivity index is 2.66. The fourth-order valence-corrected chi connectivity index (χ4v) is 2.09. The fourth-order valence-electron chi connectivity index (χ4n) is 1.22. The number of anilines is 1. The Hall–Kier alpha value is -1.03. The van der Waals surface area contributed by atoms with E-state index >= 15 is 0 Å². The van der Waals surface area contributed by atoms with Crippen molar-refractivity contribution in [2.75, 3.05) is 25.6 Å². The first-order chi connectivity index (χ1) is 6.65. The van der Waals surface area contributed by atoms with Crippen molar-refractivity contribution in [2.45, 2.75) is 13.3 Å². The van der Waals surface area contributed by atoms with Gasteiger partial charge in [0.25, 0.3) is 0 Å². The zero-order chi connectivity index (χ0) is 10.6. The van der Waals surface area contributed by atoms with Crippen LogP contribution in [-0.4, -0.2) is 26.7 Å². The van der Waals surface area contributed by atoms with Gasteiger partial charge in [0.05, 0.1) is 18.0 Å². The number of hydrogen-bond donors (Lipinski definition) is 0. The maximum absolute atomic E-state index is 11.2. The molecule has 1 heterocycles. The number of esters is 1. The first-order valence-corrected chi connectivity index (χ1v) is 5.42. The predicted octanol–water partition coefficient (Wildman–Crippen LogP) is 1.92. The van der Waals surface area contributed by atoms with Gasteiger partial charge >= 0.3 is 5.97 Å². The van der Waals surface area contributed by atoms with E-state index in [-0.39, 0.29) is 5.97 Å². The second-order valence-electron chi connectivity index (χ2n) is 3.13. The van der Waals surface area contributed by atoms with Crippen molar-refractivity contribution in [2.24, 2.45) is 0 Å². The minimum absolute atomic E-state index is 0.158. The van der Waals surface area contributed by atoms with Gasteiger partial charge in [0.1, 0.15) is 0 Å². The second-order valence-corrected chi connectivity index (χ2v) is 4.02. The van der Waals surface area contributed by atoms with E-state index in [1.54, 1.807) is 11.3 Å². The zero-order valence-electron chi connectivity index (χ0n) is 8.74. The summed E-state index contributed by atoms with van der Waals surface area (Å²) in [7, 11) is 3.95. The molecule has 0 aliphatic carbocycles. The Bertz CT molecular complexity index is 307. The lowest BCUT2D eigenvalue weighted by molar-refractivity contribution is -0.142. The molecular weight excluding hydrogens is 198 g/mol. The number of hydrogen-bond acceptors (Lipinski definition) is 4. The van der Waals surface area contributed by atoms with Crippen LogP contribution in [0.5, 0.6) is 0 Å². The van der Waals surface area contributed by atoms with Gasteiger partial charge in [-0.25, -0.2) is 0 Å². The van der Waals surface area contributed by atoms with Crippen molar-refractivity contribution in [1.82, 2.24) is 0 Å². The molecule has 0 saturated heterocycles. The summed E-state index contributed by atoms with van der Waals surface area (Å²) >= 11 is 1.64. The quantitative estimate of drug-likeness (QED) is 0.716. The van der Waals surface area contributed by atoms with Crippen LogP contribution in [-0.2, 0) is 16.0 Å². The topological polar surface area (TPSA) is 29.5 Å². The van der Waals surface area contributed by atoms with Gasteiger partial charge in [-0.1, -0.05) is 0 Å². The van der Waals surface area contributed by atoms with E-state index in [0.717, 1.165) is 10.6 Å². The minimum Gasteiger partial charge on any atom is -0.466 e. The number of rotatable bonds is 4. The van der Waals surface area contributed by atoms with Crippen molar-refractivity contribution >= 4 is 22.3 Å². The Morgan fingerprint density at radius 2 is 2.29 bits per heavy atom. The van der Waals surface area contributed by atoms with Gasteiger partial charge in [0.15, 0.2) is 0 Å². The molecule has 0 spiro atoms. The van der Waals surface area contributed by atoms with Crippen molar-refractivity contribution < 1.29 is 9.53 Å². The Morgan fingerprint density at radius 3 is 2.86 bits per heavy atom. The highest BCUT2D eigenvalue weighted by Gasteiger charge is 2.10. The molecule has 0 unspecified atom stereocenters. The lowest BCUT2D eigenvalue weighted by Gasteiger charge is -2.11. The number of carbonyl (C=O) groups excluding carboxylic acids is 1. The molecule has 0 amide bonds. The highest BCUT2D eigenvalue weighted by molar-refractivity contribution is 7.14. The van der Waals surface area contributed by atoms with Crippen LogP contribution in [0, 0.1) is 0 Å². The molecule has 1 aromatic rings. The van der Waals surface area contributed by atoms with Gasteiger partial charge < -0.3 is 9.64 Å². The zero-order valence-corrected chi connectivity index (χ0v) is 9.56. The van der Waals surface area contributed by atoms with Gasteiger partial charge in [0, 0.05) is 14.1 Å². The molecule has 0 N–H and O–H groups in total. The van der Waals surface area contributed by atoms with Crippen LogP contribution < -0.4 is 4.90 Å². The Kier molecular flexibility index (Phi) is 3.95. The third-order valence-electron chi connectivity index (χ3n) is 1.77. The van der Waals surface area contributed by atoms with Gasteiger partial charge in [-0.15, -0.1) is 11.3 Å². The minimum atomic E-state index is -0.158. The summed E-state index contributed by atoms with van der Waals surface area (Å²) in [6.45, 7) is 2.26. The molecule has 14 heavy (non-hydrogen) atoms. The SMILES string of the molecule is CCOC(=O)Cc1ccsc1N(C)C. The molecule has 0 radical (unpaired) electrons. The Labute approximate surface area is 88.3 Å². The van der Waals surface area contributed by atoms with E-state index in [2.05, 4.69) is 0 Å². The first kappa shape index (κ1) is 11.0.